The molecule has 1 N–H and O–H groups in total. The van der Waals surface area contributed by atoms with Crippen LogP contribution in [0.5, 0.6) is 0 Å². The summed E-state index contributed by atoms with van der Waals surface area (Å²) in [4.78, 5) is 0. The van der Waals surface area contributed by atoms with Crippen molar-refractivity contribution >= 4 is 0 Å². The monoisotopic (exact) mass is 362 g/mol. The van der Waals surface area contributed by atoms with E-state index in [2.05, 4.69) is 3.50 Å². The molecule has 2 rings (SSSR count). The summed E-state index contributed by atoms with van der Waals surface area (Å²) in [5.74, 6) is 0.894. The fourth-order valence-electron chi connectivity index (χ4n) is 1.44. The average Bonchev–Trinajstić information content (AvgIpc) is 2.62. The van der Waals surface area contributed by atoms with Crippen molar-refractivity contribution in [3.8, 4) is 0 Å². The van der Waals surface area contributed by atoms with E-state index in [-0.39, 0.29) is 24.5 Å². The quantitative estimate of drug-likeness (QED) is 0.597. The summed E-state index contributed by atoms with van der Waals surface area (Å²) in [6.07, 6.45) is 3.57. The van der Waals surface area contributed by atoms with Gasteiger partial charge in [0.15, 0.2) is 0 Å². The Balaban J connectivity index is 2.33. The van der Waals surface area contributed by atoms with Crippen LogP contribution in [0.4, 0.5) is 0 Å². The molecule has 1 fully saturated rings. The van der Waals surface area contributed by atoms with Crippen LogP contribution in [0.2, 0.25) is 0 Å². The van der Waals surface area contributed by atoms with Gasteiger partial charge in [0.2, 0.25) is 0 Å². The molecule has 0 radical (unpaired) electrons. The second-order valence-corrected chi connectivity index (χ2v) is 3.77. The van der Waals surface area contributed by atoms with Gasteiger partial charge in [-0.25, -0.2) is 0 Å². The first kappa shape index (κ1) is 9.66. The molecule has 74 valence electrons. The van der Waals surface area contributed by atoms with Crippen molar-refractivity contribution in [2.45, 2.75) is 6.04 Å². The first-order valence-corrected chi connectivity index (χ1v) is 5.37. The van der Waals surface area contributed by atoms with Gasteiger partial charge in [-0.05, 0) is 0 Å². The second-order valence-electron chi connectivity index (χ2n) is 3.02. The molecule has 0 aromatic carbocycles. The molecule has 0 amide bonds. The van der Waals surface area contributed by atoms with Crippen molar-refractivity contribution in [2.24, 2.45) is 9.41 Å². The standard InChI is InChI=1S/C9H8NO3.W/c1-5(11)6-2-8-9(3-7(6)10)13-4-12-8;/h1-3,6-7,11H,4H2;/q-1;. The number of hydrogen-bond donors (Lipinski definition) is 1. The van der Waals surface area contributed by atoms with Gasteiger partial charge < -0.3 is 0 Å². The Morgan fingerprint density at radius 2 is 2.14 bits per heavy atom. The molecule has 4 nitrogen and oxygen atoms in total. The van der Waals surface area contributed by atoms with E-state index in [9.17, 15) is 5.11 Å². The third-order valence-electron chi connectivity index (χ3n) is 2.16. The zero-order valence-corrected chi connectivity index (χ0v) is 10.1. The van der Waals surface area contributed by atoms with Crippen molar-refractivity contribution in [1.82, 2.24) is 0 Å². The number of fused-ring (bicyclic) bond motifs is 1. The van der Waals surface area contributed by atoms with Gasteiger partial charge in [0, 0.05) is 0 Å². The molecule has 0 aromatic rings. The van der Waals surface area contributed by atoms with Crippen molar-refractivity contribution < 1.29 is 34.2 Å². The number of rotatable bonds is 2. The second kappa shape index (κ2) is 3.70. The molecule has 0 saturated carbocycles. The molecule has 1 aliphatic carbocycles. The van der Waals surface area contributed by atoms with E-state index in [0.717, 1.165) is 19.6 Å². The summed E-state index contributed by atoms with van der Waals surface area (Å²) < 4.78 is 14.6. The fourth-order valence-corrected chi connectivity index (χ4v) is 2.13. The molecule has 1 saturated heterocycles. The summed E-state index contributed by atoms with van der Waals surface area (Å²) in [6, 6.07) is -0.143. The first-order chi connectivity index (χ1) is 6.72. The van der Waals surface area contributed by atoms with Crippen molar-refractivity contribution in [1.29, 1.82) is 0 Å². The minimum atomic E-state index is -0.298. The van der Waals surface area contributed by atoms with Gasteiger partial charge in [0.05, 0.1) is 0 Å². The number of hydrogen-bond acceptors (Lipinski definition) is 4. The van der Waals surface area contributed by atoms with Gasteiger partial charge in [0.1, 0.15) is 0 Å². The molecule has 0 spiro atoms. The maximum atomic E-state index is 9.27. The average molecular weight is 362 g/mol. The van der Waals surface area contributed by atoms with Crippen LogP contribution in [0.25, 0.3) is 0 Å². The Kier molecular flexibility index (Phi) is 2.55. The number of nitrogens with zero attached hydrogens (tertiary/aromatic N) is 1. The summed E-state index contributed by atoms with van der Waals surface area (Å²) >= 11 is 1.09. The third-order valence-corrected chi connectivity index (χ3v) is 3.03. The van der Waals surface area contributed by atoms with Crippen molar-refractivity contribution in [3.63, 3.8) is 0 Å². The number of ether oxygens (including phenoxy) is 2. The predicted octanol–water partition coefficient (Wildman–Crippen LogP) is 1.36. The predicted molar refractivity (Wildman–Crippen MR) is 43.4 cm³/mol. The Morgan fingerprint density at radius 3 is 2.71 bits per heavy atom. The van der Waals surface area contributed by atoms with Gasteiger partial charge >= 0.3 is 92.5 Å². The van der Waals surface area contributed by atoms with Crippen molar-refractivity contribution in [2.75, 3.05) is 6.79 Å². The third kappa shape index (κ3) is 1.54. The molecule has 0 bridgehead atoms. The molecular formula is C9H8NO3W-. The Labute approximate surface area is 92.7 Å². The van der Waals surface area contributed by atoms with E-state index in [4.69, 9.17) is 16.1 Å². The summed E-state index contributed by atoms with van der Waals surface area (Å²) in [5.41, 5.74) is 0. The summed E-state index contributed by atoms with van der Waals surface area (Å²) in [6.45, 7) is 5.59. The molecular weight excluding hydrogens is 354 g/mol. The first-order valence-electron chi connectivity index (χ1n) is 4.05. The van der Waals surface area contributed by atoms with E-state index in [1.807, 2.05) is 6.08 Å². The van der Waals surface area contributed by atoms with Crippen LogP contribution >= 0.6 is 0 Å². The van der Waals surface area contributed by atoms with Gasteiger partial charge in [0.25, 0.3) is 0 Å². The number of aliphatic hydroxyl groups excluding tert-OH is 1. The normalized spacial score (nSPS) is 29.1. The molecule has 2 unspecified atom stereocenters. The van der Waals surface area contributed by atoms with Gasteiger partial charge in [-0.1, -0.05) is 0 Å². The van der Waals surface area contributed by atoms with E-state index >= 15 is 0 Å². The van der Waals surface area contributed by atoms with Crippen LogP contribution in [0.3, 0.4) is 0 Å². The molecule has 5 heteroatoms. The van der Waals surface area contributed by atoms with Crippen LogP contribution in [-0.4, -0.2) is 17.9 Å². The van der Waals surface area contributed by atoms with Gasteiger partial charge in [-0.3, -0.25) is 0 Å². The maximum absolute atomic E-state index is 9.27. The minimum absolute atomic E-state index is 0.140. The molecule has 2 aliphatic rings. The van der Waals surface area contributed by atoms with E-state index in [1.54, 1.807) is 6.08 Å². The van der Waals surface area contributed by atoms with E-state index in [1.165, 1.54) is 0 Å². The number of aliphatic hydroxyl groups is 1. The van der Waals surface area contributed by atoms with Crippen LogP contribution < -0.4 is 0 Å². The van der Waals surface area contributed by atoms with E-state index < -0.39 is 0 Å². The van der Waals surface area contributed by atoms with E-state index in [0.29, 0.717) is 11.5 Å². The fraction of sp³-hybridized carbons (Fsp3) is 0.333. The molecule has 14 heavy (non-hydrogen) atoms. The van der Waals surface area contributed by atoms with Crippen LogP contribution in [0.15, 0.2) is 32.9 Å². The van der Waals surface area contributed by atoms with Gasteiger partial charge in [-0.2, -0.15) is 0 Å². The summed E-state index contributed by atoms with van der Waals surface area (Å²) in [5, 5.41) is 9.27. The zero-order valence-electron chi connectivity index (χ0n) is 7.21. The van der Waals surface area contributed by atoms with Gasteiger partial charge in [-0.15, -0.1) is 0 Å². The molecule has 1 heterocycles. The van der Waals surface area contributed by atoms with Crippen LogP contribution in [0, 0.1) is 12.5 Å². The van der Waals surface area contributed by atoms with Crippen LogP contribution in [-0.2, 0) is 29.1 Å². The Morgan fingerprint density at radius 1 is 1.50 bits per heavy atom. The van der Waals surface area contributed by atoms with Crippen LogP contribution in [0.1, 0.15) is 0 Å². The van der Waals surface area contributed by atoms with Crippen molar-refractivity contribution in [3.05, 3.63) is 36.0 Å². The Hall–Kier alpha value is -0.892. The molecule has 0 aromatic heterocycles. The summed E-state index contributed by atoms with van der Waals surface area (Å²) in [7, 11) is 0. The molecule has 2 atom stereocenters. The Bertz CT molecular complexity index is 348. The molecule has 1 aliphatic heterocycles. The zero-order chi connectivity index (χ0) is 10.1. The topological polar surface area (TPSA) is 51.0 Å². The SMILES string of the molecule is [CH-]=C(O)C1C=C2OCOC2=CC1[N]=[W].